The van der Waals surface area contributed by atoms with Crippen molar-refractivity contribution in [3.8, 4) is 0 Å². The number of aromatic amines is 1. The van der Waals surface area contributed by atoms with E-state index >= 15 is 0 Å². The summed E-state index contributed by atoms with van der Waals surface area (Å²) in [4.78, 5) is 56.3. The van der Waals surface area contributed by atoms with E-state index in [0.717, 1.165) is 19.6 Å². The largest absolute Gasteiger partial charge is 0.461 e. The number of pyridine rings is 1. The third-order valence-electron chi connectivity index (χ3n) is 7.14. The van der Waals surface area contributed by atoms with E-state index in [0.29, 0.717) is 37.4 Å². The Morgan fingerprint density at radius 3 is 2.55 bits per heavy atom. The van der Waals surface area contributed by atoms with Gasteiger partial charge in [-0.1, -0.05) is 11.6 Å². The van der Waals surface area contributed by atoms with Crippen molar-refractivity contribution in [1.82, 2.24) is 20.1 Å². The van der Waals surface area contributed by atoms with E-state index in [1.165, 1.54) is 26.0 Å². The van der Waals surface area contributed by atoms with Crippen LogP contribution >= 0.6 is 11.6 Å². The number of piperidine rings is 1. The van der Waals surface area contributed by atoms with Crippen LogP contribution in [0.2, 0.25) is 5.02 Å². The third kappa shape index (κ3) is 7.81. The van der Waals surface area contributed by atoms with Crippen LogP contribution in [0.5, 0.6) is 0 Å². The molecule has 4 rings (SSSR count). The van der Waals surface area contributed by atoms with Crippen molar-refractivity contribution < 1.29 is 23.9 Å². The fourth-order valence-electron chi connectivity index (χ4n) is 4.91. The molecule has 5 N–H and O–H groups in total. The maximum atomic E-state index is 12.7. The predicted molar refractivity (Wildman–Crippen MR) is 151 cm³/mol. The van der Waals surface area contributed by atoms with Gasteiger partial charge in [-0.25, -0.2) is 4.79 Å². The van der Waals surface area contributed by atoms with Gasteiger partial charge < -0.3 is 30.8 Å². The fourth-order valence-corrected chi connectivity index (χ4v) is 5.07. The van der Waals surface area contributed by atoms with Crippen LogP contribution in [0.1, 0.15) is 40.0 Å². The van der Waals surface area contributed by atoms with Crippen LogP contribution in [0.15, 0.2) is 35.1 Å². The number of hydrogen-bond acceptors (Lipinski definition) is 9. The molecule has 2 aliphatic heterocycles. The molecule has 2 fully saturated rings. The normalized spacial score (nSPS) is 19.8. The van der Waals surface area contributed by atoms with Gasteiger partial charge in [0.15, 0.2) is 0 Å². The van der Waals surface area contributed by atoms with E-state index < -0.39 is 17.6 Å². The van der Waals surface area contributed by atoms with Crippen molar-refractivity contribution >= 4 is 40.9 Å². The highest BCUT2D eigenvalue weighted by atomic mass is 35.5. The van der Waals surface area contributed by atoms with Crippen LogP contribution in [0, 0.1) is 0 Å². The number of nitrogens with one attached hydrogen (secondary N) is 3. The molecule has 0 saturated carbocycles. The second kappa shape index (κ2) is 13.8. The summed E-state index contributed by atoms with van der Waals surface area (Å²) in [5, 5.41) is 5.75. The number of rotatable bonds is 10. The Balaban J connectivity index is 1.23. The molecule has 216 valence electrons. The number of nitrogens with zero attached hydrogens (tertiary/aromatic N) is 2. The maximum Gasteiger partial charge on any atom is 0.338 e. The first kappa shape index (κ1) is 29.5. The highest BCUT2D eigenvalue weighted by Gasteiger charge is 2.32. The first-order valence-corrected chi connectivity index (χ1v) is 13.6. The van der Waals surface area contributed by atoms with Gasteiger partial charge in [-0.2, -0.15) is 0 Å². The summed E-state index contributed by atoms with van der Waals surface area (Å²) in [5.41, 5.74) is 5.79. The highest BCUT2D eigenvalue weighted by molar-refractivity contribution is 6.33. The molecule has 2 aliphatic rings. The molecule has 3 heterocycles. The number of H-pyrrole nitrogens is 1. The Labute approximate surface area is 237 Å². The summed E-state index contributed by atoms with van der Waals surface area (Å²) in [6.45, 7) is 4.24. The Morgan fingerprint density at radius 2 is 1.85 bits per heavy atom. The smallest absolute Gasteiger partial charge is 0.338 e. The number of benzene rings is 1. The molecule has 2 amide bonds. The van der Waals surface area contributed by atoms with Gasteiger partial charge in [-0.3, -0.25) is 24.2 Å². The number of nitrogen functional groups attached to an aromatic ring is 1. The summed E-state index contributed by atoms with van der Waals surface area (Å²) in [5.74, 6) is -1.20. The second-order valence-electron chi connectivity index (χ2n) is 9.96. The number of amides is 2. The molecule has 0 aliphatic carbocycles. The van der Waals surface area contributed by atoms with Crippen molar-refractivity contribution in [2.75, 3.05) is 64.0 Å². The maximum absolute atomic E-state index is 12.7. The number of halogens is 1. The molecule has 13 heteroatoms. The molecule has 1 aromatic carbocycles. The molecule has 12 nitrogen and oxygen atoms in total. The summed E-state index contributed by atoms with van der Waals surface area (Å²) in [6, 6.07) is 7.46. The number of carbonyl (C=O) groups excluding carboxylic acids is 3. The quantitative estimate of drug-likeness (QED) is 0.307. The first-order chi connectivity index (χ1) is 19.2. The Morgan fingerprint density at radius 1 is 1.12 bits per heavy atom. The van der Waals surface area contributed by atoms with Crippen molar-refractivity contribution in [3.63, 3.8) is 0 Å². The lowest BCUT2D eigenvalue weighted by Crippen LogP contribution is -2.56. The third-order valence-corrected chi connectivity index (χ3v) is 7.45. The van der Waals surface area contributed by atoms with Gasteiger partial charge in [-0.05, 0) is 62.7 Å². The molecule has 0 bridgehead atoms. The number of aromatic nitrogens is 1. The van der Waals surface area contributed by atoms with E-state index in [1.54, 1.807) is 24.3 Å². The van der Waals surface area contributed by atoms with E-state index in [2.05, 4.69) is 20.5 Å². The highest BCUT2D eigenvalue weighted by Crippen LogP contribution is 2.18. The topological polar surface area (TPSA) is 159 Å². The lowest BCUT2D eigenvalue weighted by atomic mass is 10.0. The number of methoxy groups -OCH3 is 1. The summed E-state index contributed by atoms with van der Waals surface area (Å²) in [7, 11) is 1.53. The zero-order valence-electron chi connectivity index (χ0n) is 22.4. The number of likely N-dealkylation sites (tertiary alicyclic amines) is 2. The van der Waals surface area contributed by atoms with E-state index in [9.17, 15) is 19.2 Å². The Hall–Kier alpha value is -3.45. The number of hydrogen-bond donors (Lipinski definition) is 4. The van der Waals surface area contributed by atoms with E-state index in [1.807, 2.05) is 4.90 Å². The van der Waals surface area contributed by atoms with Gasteiger partial charge in [-0.15, -0.1) is 0 Å². The molecule has 0 radical (unpaired) electrons. The molecule has 0 unspecified atom stereocenters. The summed E-state index contributed by atoms with van der Waals surface area (Å²) in [6.07, 6.45) is 2.49. The SMILES string of the molecule is CO[C@@H]1CN(CC(=O)Nc2ccc(C(=O)OCCN3CCCC3)cc2)CC[C@@H]1NC(=O)c1cc(Cl)c(N)[nH]c1=O. The average molecular weight is 575 g/mol. The van der Waals surface area contributed by atoms with Crippen molar-refractivity contribution in [2.24, 2.45) is 0 Å². The van der Waals surface area contributed by atoms with Crippen molar-refractivity contribution in [3.05, 3.63) is 56.8 Å². The lowest BCUT2D eigenvalue weighted by Gasteiger charge is -2.37. The fraction of sp³-hybridized carbons (Fsp3) is 0.481. The summed E-state index contributed by atoms with van der Waals surface area (Å²) >= 11 is 5.95. The van der Waals surface area contributed by atoms with Gasteiger partial charge in [0.25, 0.3) is 11.5 Å². The van der Waals surface area contributed by atoms with Crippen LogP contribution in [-0.2, 0) is 14.3 Å². The number of nitrogens with two attached hydrogens (primary N) is 1. The first-order valence-electron chi connectivity index (χ1n) is 13.3. The minimum atomic E-state index is -0.634. The number of carbonyl (C=O) groups is 3. The van der Waals surface area contributed by atoms with Crippen molar-refractivity contribution in [1.29, 1.82) is 0 Å². The molecule has 2 saturated heterocycles. The minimum absolute atomic E-state index is 0.00806. The van der Waals surface area contributed by atoms with Crippen molar-refractivity contribution in [2.45, 2.75) is 31.4 Å². The molecule has 1 aromatic heterocycles. The van der Waals surface area contributed by atoms with Gasteiger partial charge in [0.1, 0.15) is 18.0 Å². The lowest BCUT2D eigenvalue weighted by molar-refractivity contribution is -0.118. The van der Waals surface area contributed by atoms with Gasteiger partial charge in [0.2, 0.25) is 5.91 Å². The molecule has 40 heavy (non-hydrogen) atoms. The zero-order chi connectivity index (χ0) is 28.6. The molecular weight excluding hydrogens is 540 g/mol. The minimum Gasteiger partial charge on any atom is -0.461 e. The standard InChI is InChI=1S/C27H35ClN6O6/c1-39-22-15-34(11-8-21(22)31-25(36)19-14-20(28)24(29)32-26(19)37)16-23(35)30-18-6-4-17(5-7-18)27(38)40-13-12-33-9-2-3-10-33/h4-7,14,21-22H,2-3,8-13,15-16H2,1H3,(H,30,35)(H,31,36)(H3,29,32,37)/t21-,22+/m0/s1. The Kier molecular flexibility index (Phi) is 10.2. The molecular formula is C27H35ClN6O6. The molecule has 0 spiro atoms. The van der Waals surface area contributed by atoms with Crippen LogP contribution in [0.4, 0.5) is 11.5 Å². The average Bonchev–Trinajstić information content (AvgIpc) is 3.45. The predicted octanol–water partition coefficient (Wildman–Crippen LogP) is 1.32. The van der Waals surface area contributed by atoms with Gasteiger partial charge >= 0.3 is 5.97 Å². The monoisotopic (exact) mass is 574 g/mol. The number of esters is 1. The summed E-state index contributed by atoms with van der Waals surface area (Å²) < 4.78 is 10.9. The zero-order valence-corrected chi connectivity index (χ0v) is 23.2. The van der Waals surface area contributed by atoms with Crippen LogP contribution < -0.4 is 21.9 Å². The molecule has 2 aromatic rings. The number of anilines is 2. The van der Waals surface area contributed by atoms with Crippen LogP contribution in [-0.4, -0.2) is 97.7 Å². The van der Waals surface area contributed by atoms with E-state index in [-0.39, 0.29) is 40.9 Å². The van der Waals surface area contributed by atoms with Gasteiger partial charge in [0, 0.05) is 32.4 Å². The van der Waals surface area contributed by atoms with Crippen LogP contribution in [0.25, 0.3) is 0 Å². The van der Waals surface area contributed by atoms with Gasteiger partial charge in [0.05, 0.1) is 29.3 Å². The van der Waals surface area contributed by atoms with Crippen LogP contribution in [0.3, 0.4) is 0 Å². The second-order valence-corrected chi connectivity index (χ2v) is 10.4. The van der Waals surface area contributed by atoms with E-state index in [4.69, 9.17) is 26.8 Å². The number of ether oxygens (including phenoxy) is 2. The molecule has 2 atom stereocenters. The Bertz CT molecular complexity index is 1260.